The fourth-order valence-electron chi connectivity index (χ4n) is 2.28. The topological polar surface area (TPSA) is 103 Å². The lowest BCUT2D eigenvalue weighted by molar-refractivity contribution is -0.384. The van der Waals surface area contributed by atoms with E-state index in [1.165, 1.54) is 30.5 Å². The van der Waals surface area contributed by atoms with E-state index in [-0.39, 0.29) is 5.69 Å². The summed E-state index contributed by atoms with van der Waals surface area (Å²) in [5.41, 5.74) is 2.91. The van der Waals surface area contributed by atoms with Crippen molar-refractivity contribution in [3.8, 4) is 11.5 Å². The number of carbonyl (C=O) groups excluding carboxylic acids is 1. The maximum Gasteiger partial charge on any atom is 0.323 e. The van der Waals surface area contributed by atoms with Gasteiger partial charge in [-0.1, -0.05) is 36.4 Å². The minimum atomic E-state index is -1.27. The maximum absolute atomic E-state index is 12.5. The minimum Gasteiger partial charge on any atom is -0.446 e. The molecule has 146 valence electrons. The molecule has 0 bridgehead atoms. The maximum atomic E-state index is 12.5. The largest absolute Gasteiger partial charge is 0.446 e. The van der Waals surface area contributed by atoms with Crippen LogP contribution in [0.4, 0.5) is 5.69 Å². The van der Waals surface area contributed by atoms with Crippen LogP contribution >= 0.6 is 0 Å². The summed E-state index contributed by atoms with van der Waals surface area (Å²) in [5.74, 6) is 0.307. The van der Waals surface area contributed by atoms with Crippen LogP contribution in [-0.2, 0) is 4.79 Å². The average molecular weight is 391 g/mol. The van der Waals surface area contributed by atoms with E-state index in [9.17, 15) is 14.9 Å². The third-order valence-corrected chi connectivity index (χ3v) is 3.68. The van der Waals surface area contributed by atoms with Crippen LogP contribution in [0.15, 0.2) is 90.0 Å². The van der Waals surface area contributed by atoms with E-state index in [1.54, 1.807) is 48.5 Å². The van der Waals surface area contributed by atoms with E-state index in [0.717, 1.165) is 0 Å². The summed E-state index contributed by atoms with van der Waals surface area (Å²) in [6.07, 6.45) is 0.0952. The SMILES string of the molecule is O=C(N/N=C/c1ccc([N+](=O)[O-])cc1)C(Oc1ccccc1)Oc1ccccc1. The Labute approximate surface area is 166 Å². The van der Waals surface area contributed by atoms with Gasteiger partial charge in [-0.05, 0) is 42.0 Å². The number of ether oxygens (including phenoxy) is 2. The van der Waals surface area contributed by atoms with E-state index in [1.807, 2.05) is 12.1 Å². The standard InChI is InChI=1S/C21H17N3O5/c25-20(23-22-15-16-11-13-17(14-12-16)24(26)27)21(28-18-7-3-1-4-8-18)29-19-9-5-2-6-10-19/h1-15,21H,(H,23,25)/b22-15+. The molecule has 1 N–H and O–H groups in total. The number of nitrogens with zero attached hydrogens (tertiary/aromatic N) is 2. The highest BCUT2D eigenvalue weighted by Crippen LogP contribution is 2.16. The second-order valence-corrected chi connectivity index (χ2v) is 5.78. The number of hydrazone groups is 1. The fourth-order valence-corrected chi connectivity index (χ4v) is 2.28. The monoisotopic (exact) mass is 391 g/mol. The van der Waals surface area contributed by atoms with Crippen molar-refractivity contribution < 1.29 is 19.2 Å². The Morgan fingerprint density at radius 3 is 1.90 bits per heavy atom. The van der Waals surface area contributed by atoms with Gasteiger partial charge in [0.2, 0.25) is 0 Å². The number of carbonyl (C=O) groups is 1. The van der Waals surface area contributed by atoms with Crippen molar-refractivity contribution in [1.29, 1.82) is 0 Å². The smallest absolute Gasteiger partial charge is 0.323 e. The number of amides is 1. The molecule has 3 aromatic rings. The lowest BCUT2D eigenvalue weighted by Gasteiger charge is -2.18. The van der Waals surface area contributed by atoms with E-state index in [0.29, 0.717) is 17.1 Å². The molecule has 29 heavy (non-hydrogen) atoms. The van der Waals surface area contributed by atoms with Gasteiger partial charge in [0.05, 0.1) is 11.1 Å². The molecule has 0 heterocycles. The number of non-ortho nitro benzene ring substituents is 1. The molecule has 3 aromatic carbocycles. The Morgan fingerprint density at radius 1 is 0.897 bits per heavy atom. The molecule has 0 aliphatic carbocycles. The Kier molecular flexibility index (Phi) is 6.51. The van der Waals surface area contributed by atoms with Gasteiger partial charge in [0, 0.05) is 12.1 Å². The van der Waals surface area contributed by atoms with Crippen molar-refractivity contribution in [3.05, 3.63) is 101 Å². The second kappa shape index (κ2) is 9.65. The number of rotatable bonds is 8. The highest BCUT2D eigenvalue weighted by atomic mass is 16.7. The number of nitro groups is 1. The van der Waals surface area contributed by atoms with Crippen molar-refractivity contribution in [2.45, 2.75) is 6.29 Å². The summed E-state index contributed by atoms with van der Waals surface area (Å²) in [7, 11) is 0. The molecule has 8 nitrogen and oxygen atoms in total. The fraction of sp³-hybridized carbons (Fsp3) is 0.0476. The van der Waals surface area contributed by atoms with Crippen LogP contribution in [-0.4, -0.2) is 23.3 Å². The molecule has 0 aromatic heterocycles. The van der Waals surface area contributed by atoms with Crippen LogP contribution in [0, 0.1) is 10.1 Å². The molecule has 0 saturated heterocycles. The summed E-state index contributed by atoms with van der Waals surface area (Å²) in [5, 5.41) is 14.5. The van der Waals surface area contributed by atoms with Gasteiger partial charge in [0.1, 0.15) is 11.5 Å². The first-order chi connectivity index (χ1) is 14.1. The van der Waals surface area contributed by atoms with Crippen molar-refractivity contribution in [2.24, 2.45) is 5.10 Å². The molecule has 0 unspecified atom stereocenters. The van der Waals surface area contributed by atoms with Gasteiger partial charge in [0.15, 0.2) is 0 Å². The van der Waals surface area contributed by atoms with Gasteiger partial charge in [0.25, 0.3) is 5.69 Å². The van der Waals surface area contributed by atoms with Gasteiger partial charge in [-0.3, -0.25) is 14.9 Å². The van der Waals surface area contributed by atoms with Gasteiger partial charge in [-0.15, -0.1) is 0 Å². The van der Waals surface area contributed by atoms with E-state index in [4.69, 9.17) is 9.47 Å². The Morgan fingerprint density at radius 2 is 1.41 bits per heavy atom. The number of hydrogen-bond donors (Lipinski definition) is 1. The Hall–Kier alpha value is -4.20. The summed E-state index contributed by atoms with van der Waals surface area (Å²) >= 11 is 0. The molecular weight excluding hydrogens is 374 g/mol. The number of hydrogen-bond acceptors (Lipinski definition) is 6. The quantitative estimate of drug-likeness (QED) is 0.274. The third kappa shape index (κ3) is 5.90. The predicted octanol–water partition coefficient (Wildman–Crippen LogP) is 3.53. The van der Waals surface area contributed by atoms with Crippen LogP contribution in [0.25, 0.3) is 0 Å². The Balaban J connectivity index is 1.67. The van der Waals surface area contributed by atoms with E-state index in [2.05, 4.69) is 10.5 Å². The van der Waals surface area contributed by atoms with Gasteiger partial charge >= 0.3 is 12.2 Å². The van der Waals surface area contributed by atoms with Crippen LogP contribution in [0.1, 0.15) is 5.56 Å². The number of nitro benzene ring substituents is 1. The summed E-state index contributed by atoms with van der Waals surface area (Å²) in [6, 6.07) is 23.3. The first-order valence-corrected chi connectivity index (χ1v) is 8.62. The Bertz CT molecular complexity index is 935. The van der Waals surface area contributed by atoms with Crippen molar-refractivity contribution in [1.82, 2.24) is 5.43 Å². The molecule has 0 aliphatic rings. The number of para-hydroxylation sites is 2. The van der Waals surface area contributed by atoms with Gasteiger partial charge < -0.3 is 9.47 Å². The molecular formula is C21H17N3O5. The summed E-state index contributed by atoms with van der Waals surface area (Å²) in [4.78, 5) is 22.7. The van der Waals surface area contributed by atoms with Crippen LogP contribution in [0.5, 0.6) is 11.5 Å². The number of benzene rings is 3. The van der Waals surface area contributed by atoms with Crippen molar-refractivity contribution in [2.75, 3.05) is 0 Å². The number of nitrogens with one attached hydrogen (secondary N) is 1. The highest BCUT2D eigenvalue weighted by Gasteiger charge is 2.22. The van der Waals surface area contributed by atoms with Crippen LogP contribution < -0.4 is 14.9 Å². The van der Waals surface area contributed by atoms with E-state index >= 15 is 0 Å². The van der Waals surface area contributed by atoms with Crippen LogP contribution in [0.3, 0.4) is 0 Å². The second-order valence-electron chi connectivity index (χ2n) is 5.78. The first kappa shape index (κ1) is 19.6. The van der Waals surface area contributed by atoms with Crippen LogP contribution in [0.2, 0.25) is 0 Å². The molecule has 3 rings (SSSR count). The summed E-state index contributed by atoms with van der Waals surface area (Å²) in [6.45, 7) is 0. The molecule has 0 saturated carbocycles. The van der Waals surface area contributed by atoms with Crippen molar-refractivity contribution >= 4 is 17.8 Å². The third-order valence-electron chi connectivity index (χ3n) is 3.68. The normalized spacial score (nSPS) is 10.7. The molecule has 8 heteroatoms. The van der Waals surface area contributed by atoms with Gasteiger partial charge in [-0.25, -0.2) is 5.43 Å². The minimum absolute atomic E-state index is 0.0289. The zero-order valence-electron chi connectivity index (χ0n) is 15.2. The zero-order chi connectivity index (χ0) is 20.5. The first-order valence-electron chi connectivity index (χ1n) is 8.62. The molecule has 1 amide bonds. The molecule has 0 atom stereocenters. The molecule has 0 fully saturated rings. The average Bonchev–Trinajstić information content (AvgIpc) is 2.75. The highest BCUT2D eigenvalue weighted by molar-refractivity contribution is 5.84. The molecule has 0 spiro atoms. The summed E-state index contributed by atoms with van der Waals surface area (Å²) < 4.78 is 11.3. The predicted molar refractivity (Wildman–Crippen MR) is 107 cm³/mol. The molecule has 0 radical (unpaired) electrons. The zero-order valence-corrected chi connectivity index (χ0v) is 15.2. The van der Waals surface area contributed by atoms with Gasteiger partial charge in [-0.2, -0.15) is 5.10 Å². The lowest BCUT2D eigenvalue weighted by Crippen LogP contribution is -2.40. The molecule has 0 aliphatic heterocycles. The lowest BCUT2D eigenvalue weighted by atomic mass is 10.2. The van der Waals surface area contributed by atoms with E-state index < -0.39 is 17.1 Å². The van der Waals surface area contributed by atoms with Crippen molar-refractivity contribution in [3.63, 3.8) is 0 Å².